The molecule has 0 spiro atoms. The SMILES string of the molecule is O=C(O)CCc1ccc(C2CCSCC2)c(Br)c1. The molecule has 98 valence electrons. The number of thioether (sulfide) groups is 1. The van der Waals surface area contributed by atoms with E-state index in [1.807, 2.05) is 11.8 Å². The van der Waals surface area contributed by atoms with Crippen molar-refractivity contribution < 1.29 is 9.90 Å². The maximum Gasteiger partial charge on any atom is 0.303 e. The van der Waals surface area contributed by atoms with Crippen LogP contribution < -0.4 is 0 Å². The number of aliphatic carboxylic acids is 1. The molecule has 1 aliphatic rings. The number of rotatable bonds is 4. The molecule has 0 unspecified atom stereocenters. The molecule has 0 aliphatic carbocycles. The molecule has 0 aromatic heterocycles. The number of halogens is 1. The van der Waals surface area contributed by atoms with Crippen molar-refractivity contribution in [3.8, 4) is 0 Å². The number of carbonyl (C=O) groups is 1. The van der Waals surface area contributed by atoms with Gasteiger partial charge in [-0.3, -0.25) is 4.79 Å². The number of carboxylic acids is 1. The lowest BCUT2D eigenvalue weighted by Crippen LogP contribution is -2.08. The Morgan fingerprint density at radius 3 is 2.72 bits per heavy atom. The molecular formula is C14H17BrO2S. The topological polar surface area (TPSA) is 37.3 Å². The van der Waals surface area contributed by atoms with Crippen LogP contribution >= 0.6 is 27.7 Å². The van der Waals surface area contributed by atoms with Crippen LogP contribution in [0.15, 0.2) is 22.7 Å². The molecule has 1 aromatic rings. The number of aryl methyl sites for hydroxylation is 1. The molecule has 0 atom stereocenters. The second-order valence-electron chi connectivity index (χ2n) is 4.64. The molecule has 1 N–H and O–H groups in total. The van der Waals surface area contributed by atoms with Crippen LogP contribution in [0.25, 0.3) is 0 Å². The Morgan fingerprint density at radius 1 is 1.39 bits per heavy atom. The summed E-state index contributed by atoms with van der Waals surface area (Å²) in [5.41, 5.74) is 2.48. The molecule has 1 aromatic carbocycles. The average molecular weight is 329 g/mol. The van der Waals surface area contributed by atoms with Gasteiger partial charge in [0.1, 0.15) is 0 Å². The van der Waals surface area contributed by atoms with Gasteiger partial charge in [0, 0.05) is 10.9 Å². The van der Waals surface area contributed by atoms with Gasteiger partial charge >= 0.3 is 5.97 Å². The highest BCUT2D eigenvalue weighted by molar-refractivity contribution is 9.10. The third-order valence-electron chi connectivity index (χ3n) is 3.35. The van der Waals surface area contributed by atoms with Crippen molar-refractivity contribution in [3.63, 3.8) is 0 Å². The summed E-state index contributed by atoms with van der Waals surface area (Å²) in [7, 11) is 0. The van der Waals surface area contributed by atoms with Crippen LogP contribution in [0.2, 0.25) is 0 Å². The Bertz CT molecular complexity index is 428. The van der Waals surface area contributed by atoms with Gasteiger partial charge in [-0.15, -0.1) is 0 Å². The highest BCUT2D eigenvalue weighted by Crippen LogP contribution is 2.35. The van der Waals surface area contributed by atoms with E-state index in [-0.39, 0.29) is 6.42 Å². The summed E-state index contributed by atoms with van der Waals surface area (Å²) < 4.78 is 1.14. The van der Waals surface area contributed by atoms with Crippen molar-refractivity contribution in [2.75, 3.05) is 11.5 Å². The molecule has 0 bridgehead atoms. The second-order valence-corrected chi connectivity index (χ2v) is 6.72. The lowest BCUT2D eigenvalue weighted by molar-refractivity contribution is -0.136. The zero-order chi connectivity index (χ0) is 13.0. The maximum atomic E-state index is 10.6. The van der Waals surface area contributed by atoms with Gasteiger partial charge in [-0.05, 0) is 53.9 Å². The summed E-state index contributed by atoms with van der Waals surface area (Å²) in [6, 6.07) is 6.33. The van der Waals surface area contributed by atoms with Crippen LogP contribution in [0, 0.1) is 0 Å². The van der Waals surface area contributed by atoms with Crippen molar-refractivity contribution in [1.82, 2.24) is 0 Å². The van der Waals surface area contributed by atoms with Gasteiger partial charge in [0.05, 0.1) is 0 Å². The number of hydrogen-bond acceptors (Lipinski definition) is 2. The summed E-state index contributed by atoms with van der Waals surface area (Å²) in [5, 5.41) is 8.69. The van der Waals surface area contributed by atoms with Crippen LogP contribution in [-0.4, -0.2) is 22.6 Å². The fourth-order valence-corrected chi connectivity index (χ4v) is 4.17. The minimum Gasteiger partial charge on any atom is -0.481 e. The molecule has 4 heteroatoms. The average Bonchev–Trinajstić information content (AvgIpc) is 2.37. The minimum absolute atomic E-state index is 0.200. The minimum atomic E-state index is -0.737. The first-order valence-corrected chi connectivity index (χ1v) is 8.19. The molecule has 0 amide bonds. The third-order valence-corrected chi connectivity index (χ3v) is 5.09. The lowest BCUT2D eigenvalue weighted by atomic mass is 9.92. The van der Waals surface area contributed by atoms with Gasteiger partial charge in [0.2, 0.25) is 0 Å². The molecular weight excluding hydrogens is 312 g/mol. The van der Waals surface area contributed by atoms with E-state index in [1.165, 1.54) is 29.9 Å². The Hall–Kier alpha value is -0.480. The first-order valence-electron chi connectivity index (χ1n) is 6.24. The fourth-order valence-electron chi connectivity index (χ4n) is 2.32. The molecule has 1 aliphatic heterocycles. The maximum absolute atomic E-state index is 10.6. The van der Waals surface area contributed by atoms with Crippen molar-refractivity contribution in [3.05, 3.63) is 33.8 Å². The van der Waals surface area contributed by atoms with E-state index in [2.05, 4.69) is 34.1 Å². The summed E-state index contributed by atoms with van der Waals surface area (Å²) in [5.74, 6) is 2.42. The van der Waals surface area contributed by atoms with E-state index >= 15 is 0 Å². The van der Waals surface area contributed by atoms with Crippen molar-refractivity contribution >= 4 is 33.7 Å². The summed E-state index contributed by atoms with van der Waals surface area (Å²) in [4.78, 5) is 10.6. The molecule has 0 saturated carbocycles. The first kappa shape index (κ1) is 13.9. The predicted molar refractivity (Wildman–Crippen MR) is 79.4 cm³/mol. The zero-order valence-electron chi connectivity index (χ0n) is 10.2. The van der Waals surface area contributed by atoms with Crippen molar-refractivity contribution in [2.24, 2.45) is 0 Å². The Kier molecular flexibility index (Phi) is 5.13. The van der Waals surface area contributed by atoms with E-state index in [1.54, 1.807) is 0 Å². The zero-order valence-corrected chi connectivity index (χ0v) is 12.6. The third kappa shape index (κ3) is 3.75. The number of benzene rings is 1. The second kappa shape index (κ2) is 6.62. The Labute approximate surface area is 120 Å². The molecule has 1 saturated heterocycles. The van der Waals surface area contributed by atoms with Crippen molar-refractivity contribution in [2.45, 2.75) is 31.6 Å². The van der Waals surface area contributed by atoms with Gasteiger partial charge in [0.15, 0.2) is 0 Å². The molecule has 2 nitrogen and oxygen atoms in total. The van der Waals surface area contributed by atoms with Crippen LogP contribution in [-0.2, 0) is 11.2 Å². The van der Waals surface area contributed by atoms with Gasteiger partial charge in [-0.1, -0.05) is 28.1 Å². The van der Waals surface area contributed by atoms with E-state index in [0.29, 0.717) is 12.3 Å². The Morgan fingerprint density at radius 2 is 2.11 bits per heavy atom. The van der Waals surface area contributed by atoms with Gasteiger partial charge in [-0.2, -0.15) is 11.8 Å². The number of hydrogen-bond donors (Lipinski definition) is 1. The van der Waals surface area contributed by atoms with Crippen LogP contribution in [0.4, 0.5) is 0 Å². The van der Waals surface area contributed by atoms with Crippen LogP contribution in [0.1, 0.15) is 36.3 Å². The number of carboxylic acid groups (broad SMARTS) is 1. The normalized spacial score (nSPS) is 16.7. The smallest absolute Gasteiger partial charge is 0.303 e. The van der Waals surface area contributed by atoms with E-state index in [0.717, 1.165) is 10.0 Å². The quantitative estimate of drug-likeness (QED) is 0.904. The van der Waals surface area contributed by atoms with Crippen LogP contribution in [0.3, 0.4) is 0 Å². The molecule has 1 heterocycles. The Balaban J connectivity index is 2.06. The monoisotopic (exact) mass is 328 g/mol. The first-order chi connectivity index (χ1) is 8.66. The molecule has 18 heavy (non-hydrogen) atoms. The van der Waals surface area contributed by atoms with Gasteiger partial charge < -0.3 is 5.11 Å². The van der Waals surface area contributed by atoms with Gasteiger partial charge in [-0.25, -0.2) is 0 Å². The molecule has 2 rings (SSSR count). The summed E-state index contributed by atoms with van der Waals surface area (Å²) in [6.45, 7) is 0. The van der Waals surface area contributed by atoms with E-state index in [4.69, 9.17) is 5.11 Å². The lowest BCUT2D eigenvalue weighted by Gasteiger charge is -2.23. The van der Waals surface area contributed by atoms with E-state index < -0.39 is 5.97 Å². The molecule has 0 radical (unpaired) electrons. The van der Waals surface area contributed by atoms with Crippen molar-refractivity contribution in [1.29, 1.82) is 0 Å². The highest BCUT2D eigenvalue weighted by atomic mass is 79.9. The van der Waals surface area contributed by atoms with E-state index in [9.17, 15) is 4.79 Å². The largest absolute Gasteiger partial charge is 0.481 e. The molecule has 1 fully saturated rings. The standard InChI is InChI=1S/C14H17BrO2S/c15-13-9-10(2-4-14(16)17)1-3-12(13)11-5-7-18-8-6-11/h1,3,9,11H,2,4-8H2,(H,16,17). The summed E-state index contributed by atoms with van der Waals surface area (Å²) in [6.07, 6.45) is 3.30. The van der Waals surface area contributed by atoms with Gasteiger partial charge in [0.25, 0.3) is 0 Å². The fraction of sp³-hybridized carbons (Fsp3) is 0.500. The van der Waals surface area contributed by atoms with Crippen LogP contribution in [0.5, 0.6) is 0 Å². The summed E-state index contributed by atoms with van der Waals surface area (Å²) >= 11 is 5.67. The highest BCUT2D eigenvalue weighted by Gasteiger charge is 2.18. The predicted octanol–water partition coefficient (Wildman–Crippen LogP) is 4.08.